The van der Waals surface area contributed by atoms with Gasteiger partial charge in [-0.25, -0.2) is 0 Å². The number of nitrogens with one attached hydrogen (secondary N) is 1. The zero-order valence-corrected chi connectivity index (χ0v) is 16.5. The van der Waals surface area contributed by atoms with Gasteiger partial charge in [-0.15, -0.1) is 0 Å². The summed E-state index contributed by atoms with van der Waals surface area (Å²) in [5.41, 5.74) is 1.89. The summed E-state index contributed by atoms with van der Waals surface area (Å²) in [6.07, 6.45) is 3.02. The predicted molar refractivity (Wildman–Crippen MR) is 103 cm³/mol. The summed E-state index contributed by atoms with van der Waals surface area (Å²) in [6.45, 7) is 6.88. The lowest BCUT2D eigenvalue weighted by molar-refractivity contribution is -0.139. The zero-order valence-electron chi connectivity index (χ0n) is 16.5. The average molecular weight is 374 g/mol. The first kappa shape index (κ1) is 20.9. The van der Waals surface area contributed by atoms with Gasteiger partial charge in [-0.3, -0.25) is 14.4 Å². The van der Waals surface area contributed by atoms with E-state index in [-0.39, 0.29) is 30.2 Å². The van der Waals surface area contributed by atoms with Crippen LogP contribution in [0.15, 0.2) is 24.3 Å². The van der Waals surface area contributed by atoms with Gasteiger partial charge in [0.15, 0.2) is 0 Å². The molecule has 0 radical (unpaired) electrons. The second-order valence-electron chi connectivity index (χ2n) is 8.22. The highest BCUT2D eigenvalue weighted by molar-refractivity contribution is 5.85. The highest BCUT2D eigenvalue weighted by Crippen LogP contribution is 2.25. The van der Waals surface area contributed by atoms with Gasteiger partial charge in [0, 0.05) is 13.0 Å². The van der Waals surface area contributed by atoms with Gasteiger partial charge in [-0.2, -0.15) is 0 Å². The molecule has 2 N–H and O–H groups in total. The third-order valence-corrected chi connectivity index (χ3v) is 4.90. The van der Waals surface area contributed by atoms with Gasteiger partial charge in [0.05, 0.1) is 19.0 Å². The topological polar surface area (TPSA) is 86.7 Å². The first-order valence-corrected chi connectivity index (χ1v) is 9.56. The van der Waals surface area contributed by atoms with E-state index in [9.17, 15) is 19.5 Å². The van der Waals surface area contributed by atoms with Crippen molar-refractivity contribution in [1.29, 1.82) is 0 Å². The van der Waals surface area contributed by atoms with Crippen LogP contribution in [0.2, 0.25) is 0 Å². The number of nitrogens with zero attached hydrogens (tertiary/aromatic N) is 1. The SMILES string of the molecule is CC(C)(C)c1ccc(C(CC(=O)O)NC(=O)CN2CCCCCC2=O)cc1. The minimum Gasteiger partial charge on any atom is -0.481 e. The van der Waals surface area contributed by atoms with Gasteiger partial charge in [0.25, 0.3) is 0 Å². The van der Waals surface area contributed by atoms with E-state index in [1.807, 2.05) is 24.3 Å². The van der Waals surface area contributed by atoms with E-state index in [1.165, 1.54) is 0 Å². The third kappa shape index (κ3) is 6.38. The molecule has 148 valence electrons. The lowest BCUT2D eigenvalue weighted by atomic mass is 9.86. The molecular weight excluding hydrogens is 344 g/mol. The van der Waals surface area contributed by atoms with Gasteiger partial charge >= 0.3 is 5.97 Å². The third-order valence-electron chi connectivity index (χ3n) is 4.90. The molecule has 1 saturated heterocycles. The second kappa shape index (κ2) is 9.02. The predicted octanol–water partition coefficient (Wildman–Crippen LogP) is 3.02. The van der Waals surface area contributed by atoms with E-state index >= 15 is 0 Å². The molecule has 1 unspecified atom stereocenters. The maximum Gasteiger partial charge on any atom is 0.305 e. The monoisotopic (exact) mass is 374 g/mol. The molecule has 1 aliphatic rings. The standard InChI is InChI=1S/C21H30N2O4/c1-21(2,3)16-10-8-15(9-11-16)17(13-20(26)27)22-18(24)14-23-12-6-4-5-7-19(23)25/h8-11,17H,4-7,12-14H2,1-3H3,(H,22,24)(H,26,27). The van der Waals surface area contributed by atoms with Crippen molar-refractivity contribution < 1.29 is 19.5 Å². The van der Waals surface area contributed by atoms with Crippen molar-refractivity contribution in [2.24, 2.45) is 0 Å². The van der Waals surface area contributed by atoms with E-state index in [0.29, 0.717) is 13.0 Å². The zero-order chi connectivity index (χ0) is 20.0. The van der Waals surface area contributed by atoms with Gasteiger partial charge in [-0.1, -0.05) is 51.5 Å². The van der Waals surface area contributed by atoms with Crippen molar-refractivity contribution >= 4 is 17.8 Å². The summed E-state index contributed by atoms with van der Waals surface area (Å²) in [5.74, 6) is -1.31. The summed E-state index contributed by atoms with van der Waals surface area (Å²) < 4.78 is 0. The Morgan fingerprint density at radius 2 is 1.81 bits per heavy atom. The number of carbonyl (C=O) groups excluding carboxylic acids is 2. The molecule has 1 aromatic carbocycles. The number of amides is 2. The van der Waals surface area contributed by atoms with E-state index in [1.54, 1.807) is 4.90 Å². The average Bonchev–Trinajstić information content (AvgIpc) is 2.78. The molecule has 1 fully saturated rings. The Hall–Kier alpha value is -2.37. The Balaban J connectivity index is 2.08. The molecule has 2 rings (SSSR count). The number of carbonyl (C=O) groups is 3. The summed E-state index contributed by atoms with van der Waals surface area (Å²) in [6, 6.07) is 7.05. The first-order chi connectivity index (χ1) is 12.7. The summed E-state index contributed by atoms with van der Waals surface area (Å²) in [5, 5.41) is 12.0. The van der Waals surface area contributed by atoms with Crippen LogP contribution in [0.1, 0.15) is 70.0 Å². The minimum atomic E-state index is -0.981. The fourth-order valence-electron chi connectivity index (χ4n) is 3.26. The summed E-state index contributed by atoms with van der Waals surface area (Å²) >= 11 is 0. The molecule has 0 spiro atoms. The number of likely N-dealkylation sites (tertiary alicyclic amines) is 1. The molecule has 6 heteroatoms. The maximum absolute atomic E-state index is 12.5. The fraction of sp³-hybridized carbons (Fsp3) is 0.571. The van der Waals surface area contributed by atoms with Crippen molar-refractivity contribution in [3.63, 3.8) is 0 Å². The molecule has 1 atom stereocenters. The van der Waals surface area contributed by atoms with Crippen LogP contribution in [-0.4, -0.2) is 40.9 Å². The fourth-order valence-corrected chi connectivity index (χ4v) is 3.26. The van der Waals surface area contributed by atoms with Crippen LogP contribution in [0.3, 0.4) is 0 Å². The van der Waals surface area contributed by atoms with Crippen LogP contribution < -0.4 is 5.32 Å². The summed E-state index contributed by atoms with van der Waals surface area (Å²) in [4.78, 5) is 37.4. The molecule has 0 aromatic heterocycles. The van der Waals surface area contributed by atoms with Gasteiger partial charge in [-0.05, 0) is 29.4 Å². The van der Waals surface area contributed by atoms with Crippen LogP contribution >= 0.6 is 0 Å². The molecule has 0 bridgehead atoms. The maximum atomic E-state index is 12.5. The minimum absolute atomic E-state index is 0.00277. The Morgan fingerprint density at radius 1 is 1.15 bits per heavy atom. The Bertz CT molecular complexity index is 676. The van der Waals surface area contributed by atoms with Crippen LogP contribution in [-0.2, 0) is 19.8 Å². The van der Waals surface area contributed by atoms with Crippen molar-refractivity contribution in [3.8, 4) is 0 Å². The lowest BCUT2D eigenvalue weighted by Crippen LogP contribution is -2.42. The Kier molecular flexibility index (Phi) is 6.99. The molecule has 6 nitrogen and oxygen atoms in total. The molecular formula is C21H30N2O4. The van der Waals surface area contributed by atoms with Crippen molar-refractivity contribution in [2.45, 2.75) is 64.3 Å². The van der Waals surface area contributed by atoms with Crippen molar-refractivity contribution in [2.75, 3.05) is 13.1 Å². The van der Waals surface area contributed by atoms with Crippen LogP contribution in [0, 0.1) is 0 Å². The Morgan fingerprint density at radius 3 is 2.41 bits per heavy atom. The Labute approximate surface area is 160 Å². The van der Waals surface area contributed by atoms with Gasteiger partial charge < -0.3 is 15.3 Å². The van der Waals surface area contributed by atoms with Crippen LogP contribution in [0.25, 0.3) is 0 Å². The lowest BCUT2D eigenvalue weighted by Gasteiger charge is -2.24. The number of hydrogen-bond acceptors (Lipinski definition) is 3. The molecule has 1 aromatic rings. The number of carboxylic acid groups (broad SMARTS) is 1. The largest absolute Gasteiger partial charge is 0.481 e. The smallest absolute Gasteiger partial charge is 0.305 e. The highest BCUT2D eigenvalue weighted by Gasteiger charge is 2.23. The normalized spacial score (nSPS) is 16.6. The molecule has 1 heterocycles. The number of hydrogen-bond donors (Lipinski definition) is 2. The molecule has 1 aliphatic heterocycles. The number of benzene rings is 1. The molecule has 0 saturated carbocycles. The first-order valence-electron chi connectivity index (χ1n) is 9.56. The van der Waals surface area contributed by atoms with Gasteiger partial charge in [0.2, 0.25) is 11.8 Å². The number of rotatable bonds is 6. The van der Waals surface area contributed by atoms with E-state index in [0.717, 1.165) is 30.4 Å². The molecule has 0 aliphatic carbocycles. The van der Waals surface area contributed by atoms with E-state index in [2.05, 4.69) is 26.1 Å². The molecule has 27 heavy (non-hydrogen) atoms. The van der Waals surface area contributed by atoms with E-state index < -0.39 is 12.0 Å². The number of aliphatic carboxylic acids is 1. The quantitative estimate of drug-likeness (QED) is 0.801. The van der Waals surface area contributed by atoms with Crippen molar-refractivity contribution in [3.05, 3.63) is 35.4 Å². The van der Waals surface area contributed by atoms with Crippen molar-refractivity contribution in [1.82, 2.24) is 10.2 Å². The van der Waals surface area contributed by atoms with Gasteiger partial charge in [0.1, 0.15) is 0 Å². The molecule has 2 amide bonds. The highest BCUT2D eigenvalue weighted by atomic mass is 16.4. The second-order valence-corrected chi connectivity index (χ2v) is 8.22. The van der Waals surface area contributed by atoms with Crippen LogP contribution in [0.5, 0.6) is 0 Å². The number of carboxylic acids is 1. The summed E-state index contributed by atoms with van der Waals surface area (Å²) in [7, 11) is 0. The van der Waals surface area contributed by atoms with Crippen LogP contribution in [0.4, 0.5) is 0 Å². The van der Waals surface area contributed by atoms with E-state index in [4.69, 9.17) is 0 Å².